The zero-order valence-corrected chi connectivity index (χ0v) is 12.3. The van der Waals surface area contributed by atoms with Gasteiger partial charge in [-0.2, -0.15) is 0 Å². The fourth-order valence-corrected chi connectivity index (χ4v) is 2.57. The van der Waals surface area contributed by atoms with Crippen molar-refractivity contribution in [1.29, 1.82) is 0 Å². The number of aromatic nitrogens is 3. The molecule has 3 aromatic rings. The van der Waals surface area contributed by atoms with Gasteiger partial charge in [0.2, 0.25) is 6.79 Å². The minimum absolute atomic E-state index is 0.229. The number of fused-ring (bicyclic) bond motifs is 2. The fourth-order valence-electron chi connectivity index (χ4n) is 2.57. The Morgan fingerprint density at radius 2 is 2.09 bits per heavy atom. The molecule has 118 valence electrons. The monoisotopic (exact) mass is 312 g/mol. The highest BCUT2D eigenvalue weighted by molar-refractivity contribution is 5.45. The van der Waals surface area contributed by atoms with Crippen molar-refractivity contribution in [3.05, 3.63) is 54.0 Å². The van der Waals surface area contributed by atoms with Gasteiger partial charge in [-0.1, -0.05) is 12.1 Å². The summed E-state index contributed by atoms with van der Waals surface area (Å²) in [7, 11) is 0. The quantitative estimate of drug-likeness (QED) is 0.739. The Morgan fingerprint density at radius 1 is 1.17 bits per heavy atom. The summed E-state index contributed by atoms with van der Waals surface area (Å²) in [6.45, 7) is 1.15. The van der Waals surface area contributed by atoms with E-state index in [9.17, 15) is 5.11 Å². The third-order valence-electron chi connectivity index (χ3n) is 3.79. The molecule has 0 spiro atoms. The molecule has 23 heavy (non-hydrogen) atoms. The number of benzene rings is 1. The highest BCUT2D eigenvalue weighted by Crippen LogP contribution is 2.34. The Kier molecular flexibility index (Phi) is 3.57. The lowest BCUT2D eigenvalue weighted by Gasteiger charge is -2.12. The summed E-state index contributed by atoms with van der Waals surface area (Å²) in [5.41, 5.74) is 1.59. The minimum atomic E-state index is -0.635. The SMILES string of the molecule is O[C@@H](CNCc1nnc2ccccn12)c1ccc2c(c1)OCO2. The van der Waals surface area contributed by atoms with E-state index in [1.165, 1.54) is 0 Å². The first kappa shape index (κ1) is 14.0. The lowest BCUT2D eigenvalue weighted by Crippen LogP contribution is -2.22. The van der Waals surface area contributed by atoms with Gasteiger partial charge in [0.25, 0.3) is 0 Å². The van der Waals surface area contributed by atoms with Gasteiger partial charge in [-0.05, 0) is 29.8 Å². The number of aliphatic hydroxyl groups is 1. The first-order valence-corrected chi connectivity index (χ1v) is 7.38. The molecular formula is C16H16N4O3. The summed E-state index contributed by atoms with van der Waals surface area (Å²) in [4.78, 5) is 0. The molecule has 0 fully saturated rings. The summed E-state index contributed by atoms with van der Waals surface area (Å²) < 4.78 is 12.5. The van der Waals surface area contributed by atoms with Crippen LogP contribution in [0.4, 0.5) is 0 Å². The average Bonchev–Trinajstić information content (AvgIpc) is 3.21. The van der Waals surface area contributed by atoms with E-state index in [4.69, 9.17) is 9.47 Å². The molecule has 0 saturated carbocycles. The normalized spacial score (nSPS) is 14.3. The van der Waals surface area contributed by atoms with Crippen LogP contribution < -0.4 is 14.8 Å². The number of nitrogens with zero attached hydrogens (tertiary/aromatic N) is 3. The molecule has 0 aliphatic carbocycles. The summed E-state index contributed by atoms with van der Waals surface area (Å²) in [6.07, 6.45) is 1.28. The maximum Gasteiger partial charge on any atom is 0.231 e. The Morgan fingerprint density at radius 3 is 3.04 bits per heavy atom. The second-order valence-corrected chi connectivity index (χ2v) is 5.30. The van der Waals surface area contributed by atoms with E-state index in [-0.39, 0.29) is 6.79 Å². The largest absolute Gasteiger partial charge is 0.454 e. The van der Waals surface area contributed by atoms with Crippen LogP contribution in [0.1, 0.15) is 17.5 Å². The van der Waals surface area contributed by atoms with Crippen molar-refractivity contribution in [1.82, 2.24) is 19.9 Å². The number of aliphatic hydroxyl groups excluding tert-OH is 1. The first-order chi connectivity index (χ1) is 11.3. The predicted molar refractivity (Wildman–Crippen MR) is 82.2 cm³/mol. The number of hydrogen-bond donors (Lipinski definition) is 2. The van der Waals surface area contributed by atoms with E-state index >= 15 is 0 Å². The van der Waals surface area contributed by atoms with Crippen molar-refractivity contribution in [2.24, 2.45) is 0 Å². The number of pyridine rings is 1. The van der Waals surface area contributed by atoms with Gasteiger partial charge in [-0.15, -0.1) is 10.2 Å². The molecule has 2 N–H and O–H groups in total. The van der Waals surface area contributed by atoms with Crippen molar-refractivity contribution in [2.45, 2.75) is 12.6 Å². The zero-order chi connectivity index (χ0) is 15.6. The van der Waals surface area contributed by atoms with Crippen LogP contribution in [-0.4, -0.2) is 33.0 Å². The van der Waals surface area contributed by atoms with Gasteiger partial charge >= 0.3 is 0 Å². The second-order valence-electron chi connectivity index (χ2n) is 5.30. The van der Waals surface area contributed by atoms with Gasteiger partial charge in [0.05, 0.1) is 12.6 Å². The molecule has 1 atom stereocenters. The Hall–Kier alpha value is -2.64. The van der Waals surface area contributed by atoms with E-state index in [0.717, 1.165) is 17.0 Å². The third-order valence-corrected chi connectivity index (χ3v) is 3.79. The molecule has 2 aromatic heterocycles. The van der Waals surface area contributed by atoms with E-state index in [1.54, 1.807) is 6.07 Å². The minimum Gasteiger partial charge on any atom is -0.454 e. The lowest BCUT2D eigenvalue weighted by atomic mass is 10.1. The van der Waals surface area contributed by atoms with Gasteiger partial charge in [0.15, 0.2) is 23.0 Å². The first-order valence-electron chi connectivity index (χ1n) is 7.38. The molecule has 0 amide bonds. The Balaban J connectivity index is 1.39. The molecule has 7 heteroatoms. The third kappa shape index (κ3) is 2.71. The van der Waals surface area contributed by atoms with Gasteiger partial charge in [0.1, 0.15) is 0 Å². The Labute approximate surface area is 132 Å². The second kappa shape index (κ2) is 5.86. The molecule has 0 unspecified atom stereocenters. The van der Waals surface area contributed by atoms with Gasteiger partial charge in [-0.3, -0.25) is 4.40 Å². The number of rotatable bonds is 5. The molecule has 3 heterocycles. The van der Waals surface area contributed by atoms with Crippen molar-refractivity contribution >= 4 is 5.65 Å². The van der Waals surface area contributed by atoms with E-state index in [2.05, 4.69) is 15.5 Å². The topological polar surface area (TPSA) is 80.9 Å². The van der Waals surface area contributed by atoms with Crippen molar-refractivity contribution in [3.63, 3.8) is 0 Å². The van der Waals surface area contributed by atoms with Crippen LogP contribution in [0.5, 0.6) is 11.5 Å². The van der Waals surface area contributed by atoms with Crippen LogP contribution in [-0.2, 0) is 6.54 Å². The van der Waals surface area contributed by atoms with Crippen LogP contribution in [0.25, 0.3) is 5.65 Å². The Bertz CT molecular complexity index is 833. The molecule has 7 nitrogen and oxygen atoms in total. The van der Waals surface area contributed by atoms with Gasteiger partial charge in [0, 0.05) is 12.7 Å². The molecule has 1 aromatic carbocycles. The highest BCUT2D eigenvalue weighted by atomic mass is 16.7. The van der Waals surface area contributed by atoms with Gasteiger partial charge in [-0.25, -0.2) is 0 Å². The molecule has 0 saturated heterocycles. The molecule has 4 rings (SSSR count). The number of nitrogens with one attached hydrogen (secondary N) is 1. The molecule has 0 bridgehead atoms. The van der Waals surface area contributed by atoms with Crippen molar-refractivity contribution < 1.29 is 14.6 Å². The zero-order valence-electron chi connectivity index (χ0n) is 12.3. The standard InChI is InChI=1S/C16H16N4O3/c21-12(11-4-5-13-14(7-11)23-10-22-13)8-17-9-16-19-18-15-3-1-2-6-20(15)16/h1-7,12,17,21H,8-10H2/t12-/m0/s1. The predicted octanol–water partition coefficient (Wildman–Crippen LogP) is 1.28. The smallest absolute Gasteiger partial charge is 0.231 e. The summed E-state index contributed by atoms with van der Waals surface area (Å²) in [5.74, 6) is 2.19. The van der Waals surface area contributed by atoms with Crippen LogP contribution >= 0.6 is 0 Å². The molecule has 1 aliphatic heterocycles. The van der Waals surface area contributed by atoms with Crippen LogP contribution in [0, 0.1) is 0 Å². The molecule has 1 aliphatic rings. The fraction of sp³-hybridized carbons (Fsp3) is 0.250. The maximum absolute atomic E-state index is 10.3. The van der Waals surface area contributed by atoms with Crippen LogP contribution in [0.2, 0.25) is 0 Å². The van der Waals surface area contributed by atoms with E-state index < -0.39 is 6.10 Å². The summed E-state index contributed by atoms with van der Waals surface area (Å²) >= 11 is 0. The number of ether oxygens (including phenoxy) is 2. The summed E-state index contributed by atoms with van der Waals surface area (Å²) in [5, 5.41) is 21.7. The van der Waals surface area contributed by atoms with E-state index in [0.29, 0.717) is 24.6 Å². The van der Waals surface area contributed by atoms with Crippen molar-refractivity contribution in [3.8, 4) is 11.5 Å². The van der Waals surface area contributed by atoms with Crippen LogP contribution in [0.15, 0.2) is 42.6 Å². The van der Waals surface area contributed by atoms with E-state index in [1.807, 2.05) is 40.9 Å². The van der Waals surface area contributed by atoms with Crippen molar-refractivity contribution in [2.75, 3.05) is 13.3 Å². The average molecular weight is 312 g/mol. The van der Waals surface area contributed by atoms with Crippen LogP contribution in [0.3, 0.4) is 0 Å². The molecular weight excluding hydrogens is 296 g/mol. The number of hydrogen-bond acceptors (Lipinski definition) is 6. The lowest BCUT2D eigenvalue weighted by molar-refractivity contribution is 0.170. The molecule has 0 radical (unpaired) electrons. The van der Waals surface area contributed by atoms with Gasteiger partial charge < -0.3 is 19.9 Å². The highest BCUT2D eigenvalue weighted by Gasteiger charge is 2.16. The maximum atomic E-state index is 10.3. The summed E-state index contributed by atoms with van der Waals surface area (Å²) in [6, 6.07) is 11.2.